The Labute approximate surface area is 146 Å². The normalized spacial score (nSPS) is 10.7. The van der Waals surface area contributed by atoms with Crippen LogP contribution in [0.2, 0.25) is 0 Å². The zero-order chi connectivity index (χ0) is 17.6. The maximum atomic E-state index is 12.4. The first-order valence-corrected chi connectivity index (χ1v) is 8.18. The molecule has 0 radical (unpaired) electrons. The summed E-state index contributed by atoms with van der Waals surface area (Å²) in [6.07, 6.45) is 3.23. The molecule has 3 aromatic rings. The van der Waals surface area contributed by atoms with Crippen LogP contribution >= 0.6 is 11.3 Å². The number of hydrogen-bond acceptors (Lipinski definition) is 5. The van der Waals surface area contributed by atoms with E-state index in [1.807, 2.05) is 17.5 Å². The molecule has 0 aliphatic rings. The van der Waals surface area contributed by atoms with Crippen LogP contribution in [0.5, 0.6) is 5.75 Å². The van der Waals surface area contributed by atoms with Gasteiger partial charge < -0.3 is 10.1 Å². The molecule has 8 heteroatoms. The Morgan fingerprint density at radius 2 is 1.96 bits per heavy atom. The lowest BCUT2D eigenvalue weighted by atomic mass is 10.1. The maximum Gasteiger partial charge on any atom is 0.387 e. The van der Waals surface area contributed by atoms with Gasteiger partial charge in [0.2, 0.25) is 5.91 Å². The highest BCUT2D eigenvalue weighted by molar-refractivity contribution is 7.14. The molecule has 0 bridgehead atoms. The van der Waals surface area contributed by atoms with E-state index in [1.165, 1.54) is 17.4 Å². The third-order valence-electron chi connectivity index (χ3n) is 3.27. The monoisotopic (exact) mass is 361 g/mol. The predicted molar refractivity (Wildman–Crippen MR) is 90.8 cm³/mol. The highest BCUT2D eigenvalue weighted by Gasteiger charge is 2.14. The van der Waals surface area contributed by atoms with Crippen LogP contribution in [0.1, 0.15) is 5.56 Å². The van der Waals surface area contributed by atoms with Gasteiger partial charge in [-0.05, 0) is 18.2 Å². The van der Waals surface area contributed by atoms with Gasteiger partial charge in [-0.1, -0.05) is 18.2 Å². The number of ether oxygens (including phenoxy) is 1. The number of nitrogens with zero attached hydrogens (tertiary/aromatic N) is 2. The zero-order valence-electron chi connectivity index (χ0n) is 12.9. The van der Waals surface area contributed by atoms with Crippen molar-refractivity contribution in [2.45, 2.75) is 13.0 Å². The minimum Gasteiger partial charge on any atom is -0.435 e. The van der Waals surface area contributed by atoms with Gasteiger partial charge in [0.05, 0.1) is 12.1 Å². The van der Waals surface area contributed by atoms with Gasteiger partial charge in [-0.15, -0.1) is 11.3 Å². The van der Waals surface area contributed by atoms with Crippen molar-refractivity contribution in [3.8, 4) is 17.0 Å². The Balaban J connectivity index is 1.67. The van der Waals surface area contributed by atoms with Crippen molar-refractivity contribution >= 4 is 22.4 Å². The van der Waals surface area contributed by atoms with Crippen molar-refractivity contribution in [3.63, 3.8) is 0 Å². The van der Waals surface area contributed by atoms with Crippen molar-refractivity contribution in [1.29, 1.82) is 0 Å². The zero-order valence-corrected chi connectivity index (χ0v) is 13.7. The van der Waals surface area contributed by atoms with E-state index >= 15 is 0 Å². The second-order valence-corrected chi connectivity index (χ2v) is 5.84. The fraction of sp³-hybridized carbons (Fsp3) is 0.118. The average molecular weight is 361 g/mol. The number of thiazole rings is 1. The van der Waals surface area contributed by atoms with E-state index in [0.717, 1.165) is 11.3 Å². The third kappa shape index (κ3) is 4.57. The molecule has 0 saturated carbocycles. The second kappa shape index (κ2) is 7.80. The lowest BCUT2D eigenvalue weighted by molar-refractivity contribution is -0.115. The molecule has 128 valence electrons. The van der Waals surface area contributed by atoms with Crippen LogP contribution in [0.15, 0.2) is 54.2 Å². The number of aromatic nitrogens is 2. The summed E-state index contributed by atoms with van der Waals surface area (Å²) in [6, 6.07) is 9.84. The number of rotatable bonds is 6. The van der Waals surface area contributed by atoms with Gasteiger partial charge in [0, 0.05) is 28.9 Å². The second-order valence-electron chi connectivity index (χ2n) is 4.98. The summed E-state index contributed by atoms with van der Waals surface area (Å²) >= 11 is 1.28. The van der Waals surface area contributed by atoms with E-state index in [1.54, 1.807) is 30.6 Å². The third-order valence-corrected chi connectivity index (χ3v) is 4.02. The molecule has 25 heavy (non-hydrogen) atoms. The van der Waals surface area contributed by atoms with Crippen molar-refractivity contribution in [2.24, 2.45) is 0 Å². The molecule has 5 nitrogen and oxygen atoms in total. The summed E-state index contributed by atoms with van der Waals surface area (Å²) in [5, 5.41) is 4.92. The quantitative estimate of drug-likeness (QED) is 0.721. The number of benzene rings is 1. The van der Waals surface area contributed by atoms with Crippen molar-refractivity contribution in [3.05, 3.63) is 59.7 Å². The largest absolute Gasteiger partial charge is 0.435 e. The Hall–Kier alpha value is -2.87. The number of amides is 1. The summed E-state index contributed by atoms with van der Waals surface area (Å²) in [6.45, 7) is -2.94. The molecule has 1 amide bonds. The lowest BCUT2D eigenvalue weighted by Crippen LogP contribution is -2.15. The maximum absolute atomic E-state index is 12.4. The van der Waals surface area contributed by atoms with Gasteiger partial charge >= 0.3 is 6.61 Å². The molecule has 0 spiro atoms. The molecular weight excluding hydrogens is 348 g/mol. The highest BCUT2D eigenvalue weighted by Crippen LogP contribution is 2.25. The van der Waals surface area contributed by atoms with Crippen LogP contribution in [-0.4, -0.2) is 22.5 Å². The summed E-state index contributed by atoms with van der Waals surface area (Å²) in [5.74, 6) is -0.370. The van der Waals surface area contributed by atoms with Gasteiger partial charge in [0.25, 0.3) is 0 Å². The summed E-state index contributed by atoms with van der Waals surface area (Å²) in [7, 11) is 0. The smallest absolute Gasteiger partial charge is 0.387 e. The molecule has 0 atom stereocenters. The number of hydrogen-bond donors (Lipinski definition) is 1. The molecule has 3 rings (SSSR count). The fourth-order valence-corrected chi connectivity index (χ4v) is 2.92. The van der Waals surface area contributed by atoms with Gasteiger partial charge in [0.1, 0.15) is 5.75 Å². The van der Waals surface area contributed by atoms with Crippen LogP contribution in [0, 0.1) is 0 Å². The van der Waals surface area contributed by atoms with E-state index in [0.29, 0.717) is 10.7 Å². The average Bonchev–Trinajstić information content (AvgIpc) is 3.05. The molecule has 0 aliphatic carbocycles. The number of alkyl halides is 2. The van der Waals surface area contributed by atoms with Gasteiger partial charge in [0.15, 0.2) is 5.13 Å². The van der Waals surface area contributed by atoms with E-state index in [9.17, 15) is 13.6 Å². The highest BCUT2D eigenvalue weighted by atomic mass is 32.1. The van der Waals surface area contributed by atoms with E-state index in [-0.39, 0.29) is 18.1 Å². The van der Waals surface area contributed by atoms with Crippen LogP contribution < -0.4 is 10.1 Å². The number of carbonyl (C=O) groups is 1. The Morgan fingerprint density at radius 1 is 1.20 bits per heavy atom. The molecule has 2 aromatic heterocycles. The number of halogens is 2. The van der Waals surface area contributed by atoms with Crippen molar-refractivity contribution in [2.75, 3.05) is 5.32 Å². The predicted octanol–water partition coefficient (Wildman–Crippen LogP) is 3.99. The Morgan fingerprint density at radius 3 is 2.72 bits per heavy atom. The summed E-state index contributed by atoms with van der Waals surface area (Å²) in [5.41, 5.74) is 2.00. The molecule has 2 heterocycles. The summed E-state index contributed by atoms with van der Waals surface area (Å²) < 4.78 is 29.3. The van der Waals surface area contributed by atoms with Crippen LogP contribution in [0.3, 0.4) is 0 Å². The SMILES string of the molecule is O=C(Cc1ccccc1OC(F)F)Nc1nc(-c2ccncc2)cs1. The molecule has 0 saturated heterocycles. The lowest BCUT2D eigenvalue weighted by Gasteiger charge is -2.10. The number of pyridine rings is 1. The van der Waals surface area contributed by atoms with E-state index < -0.39 is 6.61 Å². The number of nitrogens with one attached hydrogen (secondary N) is 1. The van der Waals surface area contributed by atoms with Gasteiger partial charge in [-0.3, -0.25) is 9.78 Å². The Kier molecular flexibility index (Phi) is 5.30. The minimum absolute atomic E-state index is 0.00994. The number of carbonyl (C=O) groups excluding carboxylic acids is 1. The van der Waals surface area contributed by atoms with Crippen LogP contribution in [0.4, 0.5) is 13.9 Å². The van der Waals surface area contributed by atoms with E-state index in [2.05, 4.69) is 20.0 Å². The first kappa shape index (κ1) is 17.0. The molecular formula is C17H13F2N3O2S. The molecule has 0 unspecified atom stereocenters. The molecule has 1 aromatic carbocycles. The number of para-hydroxylation sites is 1. The first-order valence-electron chi connectivity index (χ1n) is 7.30. The van der Waals surface area contributed by atoms with Gasteiger partial charge in [-0.25, -0.2) is 4.98 Å². The first-order chi connectivity index (χ1) is 12.1. The standard InChI is InChI=1S/C17H13F2N3O2S/c18-16(19)24-14-4-2-1-3-12(14)9-15(23)22-17-21-13(10-25-17)11-5-7-20-8-6-11/h1-8,10,16H,9H2,(H,21,22,23). The van der Waals surface area contributed by atoms with Crippen LogP contribution in [-0.2, 0) is 11.2 Å². The Bertz CT molecular complexity index is 856. The number of anilines is 1. The topological polar surface area (TPSA) is 64.1 Å². The van der Waals surface area contributed by atoms with Crippen molar-refractivity contribution < 1.29 is 18.3 Å². The van der Waals surface area contributed by atoms with E-state index in [4.69, 9.17) is 0 Å². The molecule has 0 aliphatic heterocycles. The van der Waals surface area contributed by atoms with Crippen molar-refractivity contribution in [1.82, 2.24) is 9.97 Å². The summed E-state index contributed by atoms with van der Waals surface area (Å²) in [4.78, 5) is 20.5. The fourth-order valence-electron chi connectivity index (χ4n) is 2.18. The van der Waals surface area contributed by atoms with Crippen LogP contribution in [0.25, 0.3) is 11.3 Å². The molecule has 1 N–H and O–H groups in total. The minimum atomic E-state index is -2.94. The van der Waals surface area contributed by atoms with Gasteiger partial charge in [-0.2, -0.15) is 8.78 Å². The molecule has 0 fully saturated rings.